The van der Waals surface area contributed by atoms with Crippen molar-refractivity contribution in [2.75, 3.05) is 13.2 Å². The van der Waals surface area contributed by atoms with Crippen LogP contribution in [0.5, 0.6) is 0 Å². The van der Waals surface area contributed by atoms with E-state index >= 15 is 0 Å². The van der Waals surface area contributed by atoms with Crippen molar-refractivity contribution in [3.63, 3.8) is 0 Å². The summed E-state index contributed by atoms with van der Waals surface area (Å²) in [6.45, 7) is 4.80. The van der Waals surface area contributed by atoms with Gasteiger partial charge in [-0.2, -0.15) is 0 Å². The van der Waals surface area contributed by atoms with Crippen molar-refractivity contribution in [3.05, 3.63) is 0 Å². The van der Waals surface area contributed by atoms with E-state index in [2.05, 4.69) is 0 Å². The standard InChI is InChI=1S/C8H16O4.K/c1-3-11-8(12-4-2)6-5-7(9)10;/h8H,3-6H2,1-2H3,(H,9,10);/q;+1. The zero-order chi connectivity index (χ0) is 9.40. The Hall–Kier alpha value is 1.03. The molecule has 0 saturated heterocycles. The van der Waals surface area contributed by atoms with Crippen LogP contribution in [-0.2, 0) is 14.3 Å². The number of hydrogen-bond donors (Lipinski definition) is 1. The van der Waals surface area contributed by atoms with Gasteiger partial charge in [-0.3, -0.25) is 4.79 Å². The summed E-state index contributed by atoms with van der Waals surface area (Å²) in [5.74, 6) is -0.820. The van der Waals surface area contributed by atoms with Gasteiger partial charge in [-0.15, -0.1) is 0 Å². The number of aliphatic carboxylic acids is 1. The summed E-state index contributed by atoms with van der Waals surface area (Å²) in [4.78, 5) is 10.2. The smallest absolute Gasteiger partial charge is 0.481 e. The van der Waals surface area contributed by atoms with Crippen LogP contribution < -0.4 is 51.4 Å². The number of carboxylic acid groups (broad SMARTS) is 1. The number of carbonyl (C=O) groups is 1. The molecule has 0 radical (unpaired) electrons. The second-order valence-electron chi connectivity index (χ2n) is 2.27. The third-order valence-electron chi connectivity index (χ3n) is 1.30. The molecule has 0 fully saturated rings. The van der Waals surface area contributed by atoms with Crippen LogP contribution in [0.15, 0.2) is 0 Å². The van der Waals surface area contributed by atoms with E-state index in [0.717, 1.165) is 0 Å². The minimum absolute atomic E-state index is 0. The fraction of sp³-hybridized carbons (Fsp3) is 0.875. The minimum Gasteiger partial charge on any atom is -0.481 e. The molecule has 0 aromatic heterocycles. The number of ether oxygens (including phenoxy) is 2. The van der Waals surface area contributed by atoms with Gasteiger partial charge >= 0.3 is 57.4 Å². The maximum Gasteiger partial charge on any atom is 1.00 e. The predicted molar refractivity (Wildman–Crippen MR) is 43.9 cm³/mol. The van der Waals surface area contributed by atoms with E-state index in [0.29, 0.717) is 19.6 Å². The third-order valence-corrected chi connectivity index (χ3v) is 1.30. The zero-order valence-electron chi connectivity index (χ0n) is 8.58. The van der Waals surface area contributed by atoms with Crippen molar-refractivity contribution < 1.29 is 70.8 Å². The Kier molecular flexibility index (Phi) is 14.1. The van der Waals surface area contributed by atoms with Crippen molar-refractivity contribution >= 4 is 5.97 Å². The largest absolute Gasteiger partial charge is 1.00 e. The monoisotopic (exact) mass is 215 g/mol. The van der Waals surface area contributed by atoms with Crippen LogP contribution >= 0.6 is 0 Å². The zero-order valence-corrected chi connectivity index (χ0v) is 11.7. The Labute approximate surface area is 121 Å². The van der Waals surface area contributed by atoms with Crippen molar-refractivity contribution in [1.82, 2.24) is 0 Å². The van der Waals surface area contributed by atoms with Crippen molar-refractivity contribution in [2.45, 2.75) is 33.0 Å². The molecule has 0 aromatic carbocycles. The van der Waals surface area contributed by atoms with Crippen LogP contribution in [0.3, 0.4) is 0 Å². The van der Waals surface area contributed by atoms with Gasteiger partial charge in [-0.25, -0.2) is 0 Å². The average molecular weight is 215 g/mol. The second kappa shape index (κ2) is 11.1. The van der Waals surface area contributed by atoms with Crippen molar-refractivity contribution in [1.29, 1.82) is 0 Å². The molecule has 0 aliphatic heterocycles. The third kappa shape index (κ3) is 11.0. The van der Waals surface area contributed by atoms with Gasteiger partial charge in [0, 0.05) is 19.6 Å². The molecule has 0 saturated carbocycles. The van der Waals surface area contributed by atoms with Crippen molar-refractivity contribution in [3.8, 4) is 0 Å². The van der Waals surface area contributed by atoms with Gasteiger partial charge in [0.15, 0.2) is 6.29 Å². The van der Waals surface area contributed by atoms with E-state index in [4.69, 9.17) is 14.6 Å². The summed E-state index contributed by atoms with van der Waals surface area (Å²) in [5, 5.41) is 8.39. The molecule has 0 amide bonds. The first kappa shape index (κ1) is 16.5. The van der Waals surface area contributed by atoms with Crippen LogP contribution in [0.2, 0.25) is 0 Å². The molecule has 0 aliphatic rings. The topological polar surface area (TPSA) is 55.8 Å². The van der Waals surface area contributed by atoms with E-state index in [9.17, 15) is 4.79 Å². The normalized spacial score (nSPS) is 9.77. The van der Waals surface area contributed by atoms with E-state index in [-0.39, 0.29) is 64.1 Å². The van der Waals surface area contributed by atoms with Crippen LogP contribution in [0.4, 0.5) is 0 Å². The SMILES string of the molecule is CCOC(CCC(=O)O)OCC.[K+]. The van der Waals surface area contributed by atoms with Gasteiger partial charge in [-0.1, -0.05) is 0 Å². The molecule has 0 atom stereocenters. The molecule has 0 aromatic rings. The summed E-state index contributed by atoms with van der Waals surface area (Å²) >= 11 is 0. The molecule has 13 heavy (non-hydrogen) atoms. The molecular weight excluding hydrogens is 199 g/mol. The number of rotatable bonds is 7. The molecule has 0 unspecified atom stereocenters. The van der Waals surface area contributed by atoms with Gasteiger partial charge in [0.2, 0.25) is 0 Å². The summed E-state index contributed by atoms with van der Waals surface area (Å²) in [7, 11) is 0. The van der Waals surface area contributed by atoms with E-state index in [1.807, 2.05) is 13.8 Å². The fourth-order valence-corrected chi connectivity index (χ4v) is 0.828. The minimum atomic E-state index is -0.820. The summed E-state index contributed by atoms with van der Waals surface area (Å²) in [6.07, 6.45) is 0.137. The van der Waals surface area contributed by atoms with E-state index < -0.39 is 5.97 Å². The Balaban J connectivity index is 0. The summed E-state index contributed by atoms with van der Waals surface area (Å²) in [5.41, 5.74) is 0. The Morgan fingerprint density at radius 2 is 1.77 bits per heavy atom. The Morgan fingerprint density at radius 1 is 1.31 bits per heavy atom. The Bertz CT molecular complexity index is 123. The van der Waals surface area contributed by atoms with E-state index in [1.165, 1.54) is 0 Å². The van der Waals surface area contributed by atoms with Crippen LogP contribution in [0, 0.1) is 0 Å². The molecule has 1 N–H and O–H groups in total. The molecule has 0 bridgehead atoms. The summed E-state index contributed by atoms with van der Waals surface area (Å²) < 4.78 is 10.3. The molecular formula is C8H16KO4+. The van der Waals surface area contributed by atoms with Gasteiger partial charge < -0.3 is 14.6 Å². The maximum absolute atomic E-state index is 10.2. The van der Waals surface area contributed by atoms with Crippen LogP contribution in [0.25, 0.3) is 0 Å². The first-order valence-corrected chi connectivity index (χ1v) is 4.15. The molecule has 72 valence electrons. The Morgan fingerprint density at radius 3 is 2.08 bits per heavy atom. The number of carboxylic acids is 1. The van der Waals surface area contributed by atoms with Crippen molar-refractivity contribution in [2.24, 2.45) is 0 Å². The first-order chi connectivity index (χ1) is 5.70. The predicted octanol–water partition coefficient (Wildman–Crippen LogP) is -1.75. The van der Waals surface area contributed by atoms with Gasteiger partial charge in [-0.05, 0) is 13.8 Å². The molecule has 5 heteroatoms. The molecule has 0 spiro atoms. The van der Waals surface area contributed by atoms with E-state index in [1.54, 1.807) is 0 Å². The summed E-state index contributed by atoms with van der Waals surface area (Å²) in [6, 6.07) is 0. The van der Waals surface area contributed by atoms with Gasteiger partial charge in [0.1, 0.15) is 0 Å². The molecule has 0 aliphatic carbocycles. The van der Waals surface area contributed by atoms with Gasteiger partial charge in [0.25, 0.3) is 0 Å². The fourth-order valence-electron chi connectivity index (χ4n) is 0.828. The van der Waals surface area contributed by atoms with Crippen LogP contribution in [-0.4, -0.2) is 30.6 Å². The maximum atomic E-state index is 10.2. The van der Waals surface area contributed by atoms with Crippen LogP contribution in [0.1, 0.15) is 26.7 Å². The molecule has 0 heterocycles. The molecule has 4 nitrogen and oxygen atoms in total. The second-order valence-corrected chi connectivity index (χ2v) is 2.27. The average Bonchev–Trinajstić information content (AvgIpc) is 2.01. The molecule has 0 rings (SSSR count). The number of hydrogen-bond acceptors (Lipinski definition) is 3. The first-order valence-electron chi connectivity index (χ1n) is 4.15. The quantitative estimate of drug-likeness (QED) is 0.404. The van der Waals surface area contributed by atoms with Gasteiger partial charge in [0.05, 0.1) is 6.42 Å².